The van der Waals surface area contributed by atoms with Crippen LogP contribution in [0.4, 0.5) is 0 Å². The fourth-order valence-corrected chi connectivity index (χ4v) is 0.977. The van der Waals surface area contributed by atoms with Crippen LogP contribution in [-0.4, -0.2) is 13.1 Å². The predicted octanol–water partition coefficient (Wildman–Crippen LogP) is 2.11. The number of carbonyl (C=O) groups is 1. The van der Waals surface area contributed by atoms with Gasteiger partial charge < -0.3 is 4.74 Å². The molecule has 14 heavy (non-hydrogen) atoms. The van der Waals surface area contributed by atoms with Crippen LogP contribution in [0.5, 0.6) is 0 Å². The van der Waals surface area contributed by atoms with E-state index in [1.165, 1.54) is 18.7 Å². The number of rotatable bonds is 3. The lowest BCUT2D eigenvalue weighted by atomic mass is 10.1. The molecule has 72 valence electrons. The molecule has 0 saturated heterocycles. The van der Waals surface area contributed by atoms with E-state index in [0.29, 0.717) is 0 Å². The van der Waals surface area contributed by atoms with Crippen molar-refractivity contribution in [1.29, 1.82) is 0 Å². The van der Waals surface area contributed by atoms with E-state index in [9.17, 15) is 4.79 Å². The van der Waals surface area contributed by atoms with Crippen LogP contribution in [0.15, 0.2) is 48.2 Å². The summed E-state index contributed by atoms with van der Waals surface area (Å²) in [6.07, 6.45) is 3.85. The minimum absolute atomic E-state index is 0.380. The summed E-state index contributed by atoms with van der Waals surface area (Å²) in [7, 11) is 1.34. The molecule has 0 aliphatic rings. The van der Waals surface area contributed by atoms with Crippen molar-refractivity contribution in [2.45, 2.75) is 6.42 Å². The molecule has 0 heterocycles. The molecule has 0 aromatic heterocycles. The SMILES string of the molecule is COC(=O)C=C=CCc1ccccc1. The Labute approximate surface area is 83.5 Å². The van der Waals surface area contributed by atoms with Gasteiger partial charge in [-0.3, -0.25) is 0 Å². The molecular weight excluding hydrogens is 176 g/mol. The zero-order valence-corrected chi connectivity index (χ0v) is 8.07. The van der Waals surface area contributed by atoms with Gasteiger partial charge in [-0.15, -0.1) is 5.73 Å². The summed E-state index contributed by atoms with van der Waals surface area (Å²) in [5.41, 5.74) is 3.95. The lowest BCUT2D eigenvalue weighted by Crippen LogP contribution is -1.92. The number of carbonyl (C=O) groups excluding carboxylic acids is 1. The molecule has 0 N–H and O–H groups in total. The zero-order chi connectivity index (χ0) is 10.2. The minimum Gasteiger partial charge on any atom is -0.465 e. The Balaban J connectivity index is 2.49. The molecule has 2 nitrogen and oxygen atoms in total. The van der Waals surface area contributed by atoms with Gasteiger partial charge in [0.1, 0.15) is 0 Å². The third-order valence-electron chi connectivity index (χ3n) is 1.70. The highest BCUT2D eigenvalue weighted by Crippen LogP contribution is 1.99. The van der Waals surface area contributed by atoms with Crippen molar-refractivity contribution in [2.24, 2.45) is 0 Å². The van der Waals surface area contributed by atoms with Gasteiger partial charge in [-0.1, -0.05) is 30.3 Å². The molecule has 0 radical (unpaired) electrons. The van der Waals surface area contributed by atoms with Gasteiger partial charge in [-0.05, 0) is 18.1 Å². The van der Waals surface area contributed by atoms with E-state index < -0.39 is 0 Å². The fourth-order valence-electron chi connectivity index (χ4n) is 0.977. The molecule has 0 atom stereocenters. The van der Waals surface area contributed by atoms with Crippen LogP contribution in [0.2, 0.25) is 0 Å². The molecule has 0 bridgehead atoms. The van der Waals surface area contributed by atoms with Gasteiger partial charge >= 0.3 is 5.97 Å². The maximum atomic E-state index is 10.7. The minimum atomic E-state index is -0.380. The van der Waals surface area contributed by atoms with Crippen LogP contribution >= 0.6 is 0 Å². The highest BCUT2D eigenvalue weighted by atomic mass is 16.5. The van der Waals surface area contributed by atoms with Crippen LogP contribution in [0, 0.1) is 0 Å². The summed E-state index contributed by atoms with van der Waals surface area (Å²) >= 11 is 0. The van der Waals surface area contributed by atoms with Gasteiger partial charge in [0.05, 0.1) is 13.2 Å². The summed E-state index contributed by atoms with van der Waals surface area (Å²) in [6.45, 7) is 0. The lowest BCUT2D eigenvalue weighted by molar-refractivity contribution is -0.134. The number of methoxy groups -OCH3 is 1. The lowest BCUT2D eigenvalue weighted by Gasteiger charge is -1.91. The first-order valence-corrected chi connectivity index (χ1v) is 4.36. The molecule has 0 fully saturated rings. The van der Waals surface area contributed by atoms with Crippen LogP contribution in [-0.2, 0) is 16.0 Å². The van der Waals surface area contributed by atoms with Gasteiger partial charge in [-0.25, -0.2) is 4.79 Å². The van der Waals surface area contributed by atoms with Crippen molar-refractivity contribution >= 4 is 5.97 Å². The van der Waals surface area contributed by atoms with Gasteiger partial charge in [-0.2, -0.15) is 0 Å². The third kappa shape index (κ3) is 3.74. The molecule has 1 aromatic rings. The summed E-state index contributed by atoms with van der Waals surface area (Å²) in [5.74, 6) is -0.380. The number of ether oxygens (including phenoxy) is 1. The average Bonchev–Trinajstić information content (AvgIpc) is 2.25. The molecule has 1 rings (SSSR count). The van der Waals surface area contributed by atoms with E-state index in [0.717, 1.165) is 6.42 Å². The molecule has 0 aliphatic heterocycles. The quantitative estimate of drug-likeness (QED) is 0.412. The van der Waals surface area contributed by atoms with E-state index >= 15 is 0 Å². The maximum absolute atomic E-state index is 10.7. The average molecular weight is 188 g/mol. The normalized spacial score (nSPS) is 8.64. The van der Waals surface area contributed by atoms with Crippen molar-refractivity contribution in [3.05, 3.63) is 53.8 Å². The largest absolute Gasteiger partial charge is 0.465 e. The van der Waals surface area contributed by atoms with Crippen molar-refractivity contribution in [3.8, 4) is 0 Å². The first-order valence-electron chi connectivity index (χ1n) is 4.36. The zero-order valence-electron chi connectivity index (χ0n) is 8.07. The highest BCUT2D eigenvalue weighted by Gasteiger charge is 1.87. The number of benzene rings is 1. The molecule has 0 unspecified atom stereocenters. The van der Waals surface area contributed by atoms with Crippen LogP contribution in [0.1, 0.15) is 5.56 Å². The first kappa shape index (κ1) is 10.3. The first-order chi connectivity index (χ1) is 6.83. The van der Waals surface area contributed by atoms with Gasteiger partial charge in [0.25, 0.3) is 0 Å². The van der Waals surface area contributed by atoms with Crippen molar-refractivity contribution in [1.82, 2.24) is 0 Å². The van der Waals surface area contributed by atoms with Crippen LogP contribution in [0.25, 0.3) is 0 Å². The van der Waals surface area contributed by atoms with E-state index in [-0.39, 0.29) is 5.97 Å². The number of hydrogen-bond donors (Lipinski definition) is 0. The fraction of sp³-hybridized carbons (Fsp3) is 0.167. The second kappa shape index (κ2) is 5.79. The summed E-state index contributed by atoms with van der Waals surface area (Å²) in [5, 5.41) is 0. The standard InChI is InChI=1S/C12H12O2/c1-14-12(13)10-6-5-9-11-7-3-2-4-8-11/h2-5,7-8,10H,9H2,1H3. The Morgan fingerprint density at radius 2 is 2.14 bits per heavy atom. The molecule has 1 aromatic carbocycles. The Hall–Kier alpha value is -1.79. The Kier molecular flexibility index (Phi) is 4.25. The number of hydrogen-bond acceptors (Lipinski definition) is 2. The summed E-state index contributed by atoms with van der Waals surface area (Å²) in [4.78, 5) is 10.7. The second-order valence-electron chi connectivity index (χ2n) is 2.73. The van der Waals surface area contributed by atoms with Crippen molar-refractivity contribution in [2.75, 3.05) is 7.11 Å². The van der Waals surface area contributed by atoms with Gasteiger partial charge in [0.15, 0.2) is 0 Å². The molecule has 0 saturated carbocycles. The molecule has 0 spiro atoms. The van der Waals surface area contributed by atoms with E-state index in [2.05, 4.69) is 10.5 Å². The van der Waals surface area contributed by atoms with Crippen LogP contribution in [0.3, 0.4) is 0 Å². The van der Waals surface area contributed by atoms with E-state index in [1.54, 1.807) is 6.08 Å². The molecule has 0 amide bonds. The topological polar surface area (TPSA) is 26.3 Å². The van der Waals surface area contributed by atoms with Gasteiger partial charge in [0, 0.05) is 0 Å². The monoisotopic (exact) mass is 188 g/mol. The van der Waals surface area contributed by atoms with E-state index in [1.807, 2.05) is 30.3 Å². The summed E-state index contributed by atoms with van der Waals surface area (Å²) < 4.78 is 4.43. The van der Waals surface area contributed by atoms with Crippen molar-refractivity contribution in [3.63, 3.8) is 0 Å². The maximum Gasteiger partial charge on any atom is 0.338 e. The molecule has 0 aliphatic carbocycles. The molecule has 2 heteroatoms. The van der Waals surface area contributed by atoms with Gasteiger partial charge in [0.2, 0.25) is 0 Å². The van der Waals surface area contributed by atoms with Crippen LogP contribution < -0.4 is 0 Å². The van der Waals surface area contributed by atoms with Crippen molar-refractivity contribution < 1.29 is 9.53 Å². The Morgan fingerprint density at radius 3 is 2.79 bits per heavy atom. The summed E-state index contributed by atoms with van der Waals surface area (Å²) in [6, 6.07) is 9.98. The predicted molar refractivity (Wildman–Crippen MR) is 54.8 cm³/mol. The highest BCUT2D eigenvalue weighted by molar-refractivity contribution is 5.81. The van der Waals surface area contributed by atoms with E-state index in [4.69, 9.17) is 0 Å². The smallest absolute Gasteiger partial charge is 0.338 e. The Bertz CT molecular complexity index is 346. The number of esters is 1. The third-order valence-corrected chi connectivity index (χ3v) is 1.70. The second-order valence-corrected chi connectivity index (χ2v) is 2.73. The Morgan fingerprint density at radius 1 is 1.43 bits per heavy atom. The molecular formula is C12H12O2.